The average molecular weight is 321 g/mol. The Morgan fingerprint density at radius 3 is 2.88 bits per heavy atom. The summed E-state index contributed by atoms with van der Waals surface area (Å²) in [6.07, 6.45) is 2.14. The molecular weight excluding hydrogens is 300 g/mol. The van der Waals surface area contributed by atoms with Crippen LogP contribution in [0.2, 0.25) is 0 Å². The quantitative estimate of drug-likeness (QED) is 0.800. The number of halogens is 1. The maximum atomic E-state index is 5.57. The SMILES string of the molecule is COCC(CCCN)N(C)Cc1csc(Br)c1. The molecular formula is C12H21BrN2OS. The van der Waals surface area contributed by atoms with Crippen LogP contribution in [0.4, 0.5) is 0 Å². The molecule has 1 atom stereocenters. The molecule has 1 aromatic rings. The summed E-state index contributed by atoms with van der Waals surface area (Å²) in [5, 5.41) is 2.19. The third-order valence-corrected chi connectivity index (χ3v) is 4.33. The van der Waals surface area contributed by atoms with Crippen LogP contribution < -0.4 is 5.73 Å². The fourth-order valence-electron chi connectivity index (χ4n) is 1.82. The molecule has 0 aliphatic heterocycles. The van der Waals surface area contributed by atoms with Gasteiger partial charge >= 0.3 is 0 Å². The topological polar surface area (TPSA) is 38.5 Å². The van der Waals surface area contributed by atoms with Gasteiger partial charge in [0, 0.05) is 19.7 Å². The van der Waals surface area contributed by atoms with Crippen molar-refractivity contribution in [1.29, 1.82) is 0 Å². The van der Waals surface area contributed by atoms with Crippen molar-refractivity contribution >= 4 is 27.3 Å². The first-order valence-corrected chi connectivity index (χ1v) is 7.46. The molecule has 0 aromatic carbocycles. The summed E-state index contributed by atoms with van der Waals surface area (Å²) in [6.45, 7) is 2.47. The summed E-state index contributed by atoms with van der Waals surface area (Å²) in [7, 11) is 3.90. The van der Waals surface area contributed by atoms with Gasteiger partial charge < -0.3 is 10.5 Å². The van der Waals surface area contributed by atoms with Crippen molar-refractivity contribution in [3.63, 3.8) is 0 Å². The summed E-state index contributed by atoms with van der Waals surface area (Å²) in [5.74, 6) is 0. The lowest BCUT2D eigenvalue weighted by molar-refractivity contribution is 0.0963. The van der Waals surface area contributed by atoms with Crippen molar-refractivity contribution in [3.05, 3.63) is 20.8 Å². The van der Waals surface area contributed by atoms with Crippen LogP contribution in [0, 0.1) is 0 Å². The number of nitrogens with zero attached hydrogens (tertiary/aromatic N) is 1. The maximum Gasteiger partial charge on any atom is 0.0701 e. The first kappa shape index (κ1) is 15.1. The molecule has 3 nitrogen and oxygen atoms in total. The number of rotatable bonds is 8. The van der Waals surface area contributed by atoms with Crippen LogP contribution in [-0.4, -0.2) is 38.3 Å². The Morgan fingerprint density at radius 1 is 1.59 bits per heavy atom. The van der Waals surface area contributed by atoms with Crippen molar-refractivity contribution in [2.45, 2.75) is 25.4 Å². The lowest BCUT2D eigenvalue weighted by atomic mass is 10.1. The fraction of sp³-hybridized carbons (Fsp3) is 0.667. The van der Waals surface area contributed by atoms with Crippen LogP contribution >= 0.6 is 27.3 Å². The van der Waals surface area contributed by atoms with E-state index in [1.807, 2.05) is 0 Å². The number of hydrogen-bond acceptors (Lipinski definition) is 4. The Labute approximate surface area is 116 Å². The normalized spacial score (nSPS) is 13.2. The lowest BCUT2D eigenvalue weighted by Gasteiger charge is -2.27. The molecule has 17 heavy (non-hydrogen) atoms. The van der Waals surface area contributed by atoms with Gasteiger partial charge in [0.1, 0.15) is 0 Å². The second-order valence-electron chi connectivity index (χ2n) is 4.21. The van der Waals surface area contributed by atoms with E-state index in [-0.39, 0.29) is 0 Å². The van der Waals surface area contributed by atoms with Gasteiger partial charge in [-0.15, -0.1) is 11.3 Å². The van der Waals surface area contributed by atoms with E-state index >= 15 is 0 Å². The number of hydrogen-bond donors (Lipinski definition) is 1. The second kappa shape index (κ2) is 8.21. The van der Waals surface area contributed by atoms with Crippen molar-refractivity contribution < 1.29 is 4.74 Å². The number of nitrogens with two attached hydrogens (primary N) is 1. The molecule has 0 fully saturated rings. The van der Waals surface area contributed by atoms with Crippen LogP contribution in [0.15, 0.2) is 15.2 Å². The van der Waals surface area contributed by atoms with Crippen molar-refractivity contribution in [2.75, 3.05) is 27.3 Å². The van der Waals surface area contributed by atoms with E-state index in [9.17, 15) is 0 Å². The van der Waals surface area contributed by atoms with Crippen LogP contribution in [0.5, 0.6) is 0 Å². The molecule has 0 saturated heterocycles. The van der Waals surface area contributed by atoms with E-state index in [2.05, 4.69) is 39.3 Å². The first-order chi connectivity index (χ1) is 8.17. The molecule has 0 radical (unpaired) electrons. The number of thiophene rings is 1. The molecule has 2 N–H and O–H groups in total. The van der Waals surface area contributed by atoms with Crippen LogP contribution in [-0.2, 0) is 11.3 Å². The Morgan fingerprint density at radius 2 is 2.35 bits per heavy atom. The summed E-state index contributed by atoms with van der Waals surface area (Å²) >= 11 is 5.22. The second-order valence-corrected chi connectivity index (χ2v) is 6.50. The van der Waals surface area contributed by atoms with Crippen LogP contribution in [0.25, 0.3) is 0 Å². The monoisotopic (exact) mass is 320 g/mol. The molecule has 1 rings (SSSR count). The molecule has 5 heteroatoms. The smallest absolute Gasteiger partial charge is 0.0701 e. The third-order valence-electron chi connectivity index (χ3n) is 2.78. The molecule has 0 aliphatic rings. The Kier molecular flexibility index (Phi) is 7.30. The molecule has 0 amide bonds. The fourth-order valence-corrected chi connectivity index (χ4v) is 3.02. The molecule has 1 heterocycles. The van der Waals surface area contributed by atoms with Gasteiger partial charge in [0.15, 0.2) is 0 Å². The van der Waals surface area contributed by atoms with Gasteiger partial charge in [-0.2, -0.15) is 0 Å². The van der Waals surface area contributed by atoms with Gasteiger partial charge in [-0.25, -0.2) is 0 Å². The van der Waals surface area contributed by atoms with Gasteiger partial charge in [-0.1, -0.05) is 0 Å². The molecule has 1 aromatic heterocycles. The minimum atomic E-state index is 0.447. The van der Waals surface area contributed by atoms with Gasteiger partial charge in [0.2, 0.25) is 0 Å². The molecule has 0 bridgehead atoms. The van der Waals surface area contributed by atoms with Crippen LogP contribution in [0.3, 0.4) is 0 Å². The predicted molar refractivity (Wildman–Crippen MR) is 77.4 cm³/mol. The summed E-state index contributed by atoms with van der Waals surface area (Å²) in [4.78, 5) is 2.34. The van der Waals surface area contributed by atoms with Gasteiger partial charge in [0.05, 0.1) is 10.4 Å². The van der Waals surface area contributed by atoms with Gasteiger partial charge in [0.25, 0.3) is 0 Å². The maximum absolute atomic E-state index is 5.57. The zero-order valence-corrected chi connectivity index (χ0v) is 12.9. The zero-order chi connectivity index (χ0) is 12.7. The first-order valence-electron chi connectivity index (χ1n) is 5.79. The molecule has 1 unspecified atom stereocenters. The van der Waals surface area contributed by atoms with E-state index in [0.717, 1.165) is 32.5 Å². The molecule has 98 valence electrons. The Bertz CT molecular complexity index is 319. The van der Waals surface area contributed by atoms with E-state index in [4.69, 9.17) is 10.5 Å². The number of methoxy groups -OCH3 is 1. The standard InChI is InChI=1S/C12H21BrN2OS/c1-15(7-10-6-12(13)17-9-10)11(8-16-2)4-3-5-14/h6,9,11H,3-5,7-8,14H2,1-2H3. The predicted octanol–water partition coefficient (Wildman–Crippen LogP) is 2.70. The number of likely N-dealkylation sites (N-methyl/N-ethyl adjacent to an activating group) is 1. The van der Waals surface area contributed by atoms with E-state index in [1.165, 1.54) is 9.35 Å². The highest BCUT2D eigenvalue weighted by Gasteiger charge is 2.14. The summed E-state index contributed by atoms with van der Waals surface area (Å²) in [6, 6.07) is 2.62. The van der Waals surface area contributed by atoms with Crippen molar-refractivity contribution in [2.24, 2.45) is 5.73 Å². The highest BCUT2D eigenvalue weighted by molar-refractivity contribution is 9.11. The molecule has 0 saturated carbocycles. The number of ether oxygens (including phenoxy) is 1. The summed E-state index contributed by atoms with van der Waals surface area (Å²) in [5.41, 5.74) is 6.91. The summed E-state index contributed by atoms with van der Waals surface area (Å²) < 4.78 is 6.46. The minimum Gasteiger partial charge on any atom is -0.383 e. The Hall–Kier alpha value is 0.0600. The van der Waals surface area contributed by atoms with Gasteiger partial charge in [-0.3, -0.25) is 4.90 Å². The van der Waals surface area contributed by atoms with Gasteiger partial charge in [-0.05, 0) is 59.4 Å². The van der Waals surface area contributed by atoms with Crippen LogP contribution in [0.1, 0.15) is 18.4 Å². The van der Waals surface area contributed by atoms with E-state index in [1.54, 1.807) is 18.4 Å². The third kappa shape index (κ3) is 5.48. The average Bonchev–Trinajstić information content (AvgIpc) is 2.70. The Balaban J connectivity index is 2.48. The van der Waals surface area contributed by atoms with Crippen molar-refractivity contribution in [1.82, 2.24) is 4.90 Å². The largest absolute Gasteiger partial charge is 0.383 e. The van der Waals surface area contributed by atoms with Crippen molar-refractivity contribution in [3.8, 4) is 0 Å². The van der Waals surface area contributed by atoms with E-state index in [0.29, 0.717) is 6.04 Å². The molecule has 0 aliphatic carbocycles. The minimum absolute atomic E-state index is 0.447. The lowest BCUT2D eigenvalue weighted by Crippen LogP contribution is -2.35. The highest BCUT2D eigenvalue weighted by atomic mass is 79.9. The molecule has 0 spiro atoms. The highest BCUT2D eigenvalue weighted by Crippen LogP contribution is 2.22. The zero-order valence-electron chi connectivity index (χ0n) is 10.5. The van der Waals surface area contributed by atoms with E-state index < -0.39 is 0 Å².